The normalized spacial score (nSPS) is 19.3. The number of nitriles is 1. The lowest BCUT2D eigenvalue weighted by molar-refractivity contribution is 0.230. The summed E-state index contributed by atoms with van der Waals surface area (Å²) in [7, 11) is 1.73. The van der Waals surface area contributed by atoms with Gasteiger partial charge in [-0.3, -0.25) is 0 Å². The van der Waals surface area contributed by atoms with E-state index in [-0.39, 0.29) is 36.5 Å². The van der Waals surface area contributed by atoms with E-state index in [2.05, 4.69) is 29.8 Å². The van der Waals surface area contributed by atoms with Gasteiger partial charge in [0.2, 0.25) is 5.88 Å². The topological polar surface area (TPSA) is 112 Å². The molecule has 6 heteroatoms. The van der Waals surface area contributed by atoms with E-state index in [1.54, 1.807) is 13.1 Å². The van der Waals surface area contributed by atoms with E-state index >= 15 is 0 Å². The number of hydrogen-bond acceptors (Lipinski definition) is 6. The van der Waals surface area contributed by atoms with E-state index in [0.717, 1.165) is 16.7 Å². The van der Waals surface area contributed by atoms with Gasteiger partial charge in [-0.05, 0) is 48.6 Å². The highest BCUT2D eigenvalue weighted by atomic mass is 16.5. The minimum absolute atomic E-state index is 0.0292. The van der Waals surface area contributed by atoms with Crippen LogP contribution in [0.3, 0.4) is 0 Å². The quantitative estimate of drug-likeness (QED) is 0.526. The highest BCUT2D eigenvalue weighted by molar-refractivity contribution is 5.62. The largest absolute Gasteiger partial charge is 0.424 e. The van der Waals surface area contributed by atoms with Gasteiger partial charge >= 0.3 is 0 Å². The fourth-order valence-corrected chi connectivity index (χ4v) is 4.09. The van der Waals surface area contributed by atoms with Crippen molar-refractivity contribution < 1.29 is 14.9 Å². The molecule has 2 rings (SSSR count). The summed E-state index contributed by atoms with van der Waals surface area (Å²) in [6, 6.07) is 7.84. The second-order valence-corrected chi connectivity index (χ2v) is 8.08. The number of ether oxygens (including phenoxy) is 1. The first-order valence-electron chi connectivity index (χ1n) is 10.2. The van der Waals surface area contributed by atoms with Crippen molar-refractivity contribution in [1.29, 1.82) is 5.26 Å². The second kappa shape index (κ2) is 9.75. The summed E-state index contributed by atoms with van der Waals surface area (Å²) in [4.78, 5) is 0. The van der Waals surface area contributed by atoms with Crippen molar-refractivity contribution in [3.63, 3.8) is 0 Å². The highest BCUT2D eigenvalue weighted by Crippen LogP contribution is 2.52. The van der Waals surface area contributed by atoms with Crippen LogP contribution in [0.5, 0.6) is 0 Å². The van der Waals surface area contributed by atoms with Gasteiger partial charge in [-0.25, -0.2) is 0 Å². The first kappa shape index (κ1) is 24.1. The zero-order valence-corrected chi connectivity index (χ0v) is 18.8. The van der Waals surface area contributed by atoms with Crippen LogP contribution >= 0.6 is 0 Å². The van der Waals surface area contributed by atoms with Crippen LogP contribution in [-0.2, 0) is 16.8 Å². The molecule has 1 aromatic rings. The lowest BCUT2D eigenvalue weighted by atomic mass is 9.60. The van der Waals surface area contributed by atoms with E-state index in [1.165, 1.54) is 0 Å². The van der Waals surface area contributed by atoms with Crippen molar-refractivity contribution in [3.8, 4) is 17.9 Å². The zero-order valence-electron chi connectivity index (χ0n) is 18.8. The fraction of sp³-hybridized carbons (Fsp3) is 0.400. The molecule has 0 saturated carbocycles. The number of aliphatic hydroxyl groups excluding tert-OH is 2. The molecule has 5 N–H and O–H groups in total. The van der Waals surface area contributed by atoms with Crippen LogP contribution in [0, 0.1) is 35.0 Å². The van der Waals surface area contributed by atoms with Gasteiger partial charge in [0.25, 0.3) is 0 Å². The molecule has 6 nitrogen and oxygen atoms in total. The molecule has 0 aliphatic carbocycles. The van der Waals surface area contributed by atoms with Gasteiger partial charge in [0.1, 0.15) is 11.6 Å². The highest BCUT2D eigenvalue weighted by Gasteiger charge is 2.50. The van der Waals surface area contributed by atoms with Gasteiger partial charge in [-0.1, -0.05) is 38.3 Å². The third kappa shape index (κ3) is 4.32. The molecular weight excluding hydrogens is 390 g/mol. The Morgan fingerprint density at radius 2 is 1.97 bits per heavy atom. The molecule has 1 unspecified atom stereocenters. The van der Waals surface area contributed by atoms with E-state index in [4.69, 9.17) is 10.5 Å². The van der Waals surface area contributed by atoms with Crippen LogP contribution in [0.4, 0.5) is 0 Å². The number of benzene rings is 1. The van der Waals surface area contributed by atoms with Crippen molar-refractivity contribution >= 4 is 0 Å². The van der Waals surface area contributed by atoms with Crippen molar-refractivity contribution in [2.75, 3.05) is 13.7 Å². The number of allylic oxidation sites excluding steroid dienone is 3. The summed E-state index contributed by atoms with van der Waals surface area (Å²) in [6.07, 6.45) is 0. The predicted octanol–water partition coefficient (Wildman–Crippen LogP) is 2.78. The summed E-state index contributed by atoms with van der Waals surface area (Å²) in [5.41, 5.74) is 9.12. The molecule has 0 fully saturated rings. The average Bonchev–Trinajstić information content (AvgIpc) is 2.75. The van der Waals surface area contributed by atoms with Crippen molar-refractivity contribution in [1.82, 2.24) is 5.32 Å². The number of hydrogen-bond donors (Lipinski definition) is 4. The lowest BCUT2D eigenvalue weighted by Gasteiger charge is -2.44. The SMILES string of the molecule is C=C(C)C1=C(NC)OC(N)=C(C#N)C1(c1cc(C#C[C@@H](C)CO)cc(CO)c1)C(C)C. The van der Waals surface area contributed by atoms with Gasteiger partial charge in [0, 0.05) is 24.1 Å². The molecule has 1 aliphatic heterocycles. The van der Waals surface area contributed by atoms with Crippen LogP contribution in [-0.4, -0.2) is 23.9 Å². The molecule has 1 heterocycles. The average molecular weight is 422 g/mol. The molecule has 0 radical (unpaired) electrons. The first-order valence-corrected chi connectivity index (χ1v) is 10.2. The molecule has 0 saturated heterocycles. The summed E-state index contributed by atoms with van der Waals surface area (Å²) in [6.45, 7) is 11.6. The molecule has 0 aromatic heterocycles. The maximum atomic E-state index is 10.1. The van der Waals surface area contributed by atoms with E-state index in [1.807, 2.05) is 39.8 Å². The van der Waals surface area contributed by atoms with Gasteiger partial charge in [-0.2, -0.15) is 5.26 Å². The van der Waals surface area contributed by atoms with Crippen molar-refractivity contribution in [2.45, 2.75) is 39.7 Å². The van der Waals surface area contributed by atoms with Crippen LogP contribution < -0.4 is 11.1 Å². The monoisotopic (exact) mass is 421 g/mol. The maximum Gasteiger partial charge on any atom is 0.207 e. The molecular formula is C25H31N3O3. The zero-order chi connectivity index (χ0) is 23.3. The molecule has 1 aliphatic rings. The Morgan fingerprint density at radius 1 is 1.29 bits per heavy atom. The van der Waals surface area contributed by atoms with E-state index in [9.17, 15) is 15.5 Å². The van der Waals surface area contributed by atoms with Crippen LogP contribution in [0.1, 0.15) is 44.4 Å². The van der Waals surface area contributed by atoms with E-state index in [0.29, 0.717) is 17.0 Å². The number of nitrogens with two attached hydrogens (primary N) is 1. The van der Waals surface area contributed by atoms with Crippen molar-refractivity contribution in [2.24, 2.45) is 17.6 Å². The molecule has 31 heavy (non-hydrogen) atoms. The minimum atomic E-state index is -0.953. The van der Waals surface area contributed by atoms with Crippen molar-refractivity contribution in [3.05, 3.63) is 70.0 Å². The Balaban J connectivity index is 2.98. The number of rotatable bonds is 6. The number of nitrogens with one attached hydrogen (secondary N) is 1. The minimum Gasteiger partial charge on any atom is -0.424 e. The van der Waals surface area contributed by atoms with Gasteiger partial charge in [-0.15, -0.1) is 0 Å². The Morgan fingerprint density at radius 3 is 2.45 bits per heavy atom. The summed E-state index contributed by atoms with van der Waals surface area (Å²) >= 11 is 0. The third-order valence-electron chi connectivity index (χ3n) is 5.47. The molecule has 1 aromatic carbocycles. The standard InChI is InChI=1S/C25H31N3O3/c1-15(2)22-24(28-6)31-23(27)21(12-26)25(22,16(3)4)20-10-18(8-7-17(5)13-29)9-19(11-20)14-30/h9-11,16-17,28-30H,1,13-14,27H2,2-6H3/t17-,25?/m1/s1. The van der Waals surface area contributed by atoms with Gasteiger partial charge in [0.05, 0.1) is 18.6 Å². The smallest absolute Gasteiger partial charge is 0.207 e. The van der Waals surface area contributed by atoms with Crippen LogP contribution in [0.2, 0.25) is 0 Å². The van der Waals surface area contributed by atoms with E-state index < -0.39 is 5.41 Å². The lowest BCUT2D eigenvalue weighted by Crippen LogP contribution is -2.44. The van der Waals surface area contributed by atoms with Crippen LogP contribution in [0.25, 0.3) is 0 Å². The van der Waals surface area contributed by atoms with Gasteiger partial charge in [0.15, 0.2) is 5.88 Å². The molecule has 2 atom stereocenters. The number of nitrogens with zero attached hydrogens (tertiary/aromatic N) is 1. The van der Waals surface area contributed by atoms with Crippen LogP contribution in [0.15, 0.2) is 53.3 Å². The summed E-state index contributed by atoms with van der Waals surface area (Å²) < 4.78 is 5.76. The third-order valence-corrected chi connectivity index (χ3v) is 5.47. The number of aliphatic hydroxyl groups is 2. The molecule has 164 valence electrons. The fourth-order valence-electron chi connectivity index (χ4n) is 4.09. The Hall–Kier alpha value is -3.19. The molecule has 0 bridgehead atoms. The summed E-state index contributed by atoms with van der Waals surface area (Å²) in [5.74, 6) is 6.27. The Labute approximate surface area is 184 Å². The first-order chi connectivity index (χ1) is 14.7. The molecule has 0 spiro atoms. The Kier molecular flexibility index (Phi) is 7.57. The van der Waals surface area contributed by atoms with Gasteiger partial charge < -0.3 is 26.0 Å². The Bertz CT molecular complexity index is 1030. The molecule has 0 amide bonds. The summed E-state index contributed by atoms with van der Waals surface area (Å²) in [5, 5.41) is 32.4. The second-order valence-electron chi connectivity index (χ2n) is 8.08. The predicted molar refractivity (Wildman–Crippen MR) is 121 cm³/mol. The maximum absolute atomic E-state index is 10.1.